The van der Waals surface area contributed by atoms with E-state index in [4.69, 9.17) is 0 Å². The molecule has 1 aromatic carbocycles. The second-order valence-corrected chi connectivity index (χ2v) is 4.72. The van der Waals surface area contributed by atoms with E-state index in [0.29, 0.717) is 6.54 Å². The predicted octanol–water partition coefficient (Wildman–Crippen LogP) is 3.33. The summed E-state index contributed by atoms with van der Waals surface area (Å²) in [6.07, 6.45) is 3.40. The zero-order valence-corrected chi connectivity index (χ0v) is 11.7. The SMILES string of the molecule is CCCCCNC(=O)N(C)Cc1ccccc1C. The number of benzene rings is 1. The van der Waals surface area contributed by atoms with Gasteiger partial charge in [0.2, 0.25) is 0 Å². The Morgan fingerprint density at radius 1 is 1.28 bits per heavy atom. The number of carbonyl (C=O) groups excluding carboxylic acids is 1. The molecule has 3 nitrogen and oxygen atoms in total. The van der Waals surface area contributed by atoms with Crippen molar-refractivity contribution in [2.24, 2.45) is 0 Å². The maximum Gasteiger partial charge on any atom is 0.317 e. The quantitative estimate of drug-likeness (QED) is 0.769. The second-order valence-electron chi connectivity index (χ2n) is 4.72. The molecule has 1 aromatic rings. The van der Waals surface area contributed by atoms with Crippen LogP contribution in [0.3, 0.4) is 0 Å². The van der Waals surface area contributed by atoms with Gasteiger partial charge in [-0.15, -0.1) is 0 Å². The molecule has 0 heterocycles. The maximum absolute atomic E-state index is 11.8. The number of unbranched alkanes of at least 4 members (excludes halogenated alkanes) is 2. The molecule has 100 valence electrons. The molecule has 18 heavy (non-hydrogen) atoms. The Bertz CT molecular complexity index is 377. The average molecular weight is 248 g/mol. The molecule has 1 rings (SSSR count). The molecule has 0 aliphatic rings. The van der Waals surface area contributed by atoms with Crippen LogP contribution in [0.5, 0.6) is 0 Å². The smallest absolute Gasteiger partial charge is 0.317 e. The normalized spacial score (nSPS) is 10.2. The zero-order chi connectivity index (χ0) is 13.4. The van der Waals surface area contributed by atoms with Gasteiger partial charge in [0, 0.05) is 20.1 Å². The van der Waals surface area contributed by atoms with Crippen LogP contribution in [0.15, 0.2) is 24.3 Å². The van der Waals surface area contributed by atoms with Crippen LogP contribution >= 0.6 is 0 Å². The molecule has 3 heteroatoms. The summed E-state index contributed by atoms with van der Waals surface area (Å²) in [5.41, 5.74) is 2.42. The first-order valence-electron chi connectivity index (χ1n) is 6.68. The van der Waals surface area contributed by atoms with E-state index in [-0.39, 0.29) is 6.03 Å². The first-order valence-corrected chi connectivity index (χ1v) is 6.68. The van der Waals surface area contributed by atoms with E-state index in [9.17, 15) is 4.79 Å². The van der Waals surface area contributed by atoms with Crippen LogP contribution in [0.25, 0.3) is 0 Å². The van der Waals surface area contributed by atoms with E-state index in [0.717, 1.165) is 13.0 Å². The van der Waals surface area contributed by atoms with Gasteiger partial charge in [0.25, 0.3) is 0 Å². The lowest BCUT2D eigenvalue weighted by molar-refractivity contribution is 0.206. The molecular weight excluding hydrogens is 224 g/mol. The molecule has 0 aliphatic carbocycles. The molecular formula is C15H24N2O. The first kappa shape index (κ1) is 14.6. The minimum atomic E-state index is 0.00866. The maximum atomic E-state index is 11.8. The Balaban J connectivity index is 2.38. The summed E-state index contributed by atoms with van der Waals surface area (Å²) in [5.74, 6) is 0. The lowest BCUT2D eigenvalue weighted by atomic mass is 10.1. The monoisotopic (exact) mass is 248 g/mol. The van der Waals surface area contributed by atoms with Gasteiger partial charge in [0.1, 0.15) is 0 Å². The van der Waals surface area contributed by atoms with Gasteiger partial charge in [-0.25, -0.2) is 4.79 Å². The van der Waals surface area contributed by atoms with Crippen molar-refractivity contribution >= 4 is 6.03 Å². The number of hydrogen-bond acceptors (Lipinski definition) is 1. The van der Waals surface area contributed by atoms with Crippen LogP contribution in [0.4, 0.5) is 4.79 Å². The Hall–Kier alpha value is -1.51. The van der Waals surface area contributed by atoms with Crippen molar-refractivity contribution in [3.8, 4) is 0 Å². The Kier molecular flexibility index (Phi) is 6.26. The molecule has 0 saturated carbocycles. The lowest BCUT2D eigenvalue weighted by Gasteiger charge is -2.19. The Morgan fingerprint density at radius 3 is 2.67 bits per heavy atom. The van der Waals surface area contributed by atoms with Gasteiger partial charge in [-0.2, -0.15) is 0 Å². The number of nitrogens with zero attached hydrogens (tertiary/aromatic N) is 1. The van der Waals surface area contributed by atoms with E-state index in [1.54, 1.807) is 4.90 Å². The molecule has 0 atom stereocenters. The van der Waals surface area contributed by atoms with Gasteiger partial charge in [-0.05, 0) is 24.5 Å². The van der Waals surface area contributed by atoms with E-state index in [2.05, 4.69) is 31.3 Å². The second kappa shape index (κ2) is 7.75. The van der Waals surface area contributed by atoms with E-state index < -0.39 is 0 Å². The lowest BCUT2D eigenvalue weighted by Crippen LogP contribution is -2.37. The number of urea groups is 1. The summed E-state index contributed by atoms with van der Waals surface area (Å²) in [6, 6.07) is 8.17. The molecule has 1 N–H and O–H groups in total. The van der Waals surface area contributed by atoms with Gasteiger partial charge in [-0.3, -0.25) is 0 Å². The van der Waals surface area contributed by atoms with E-state index >= 15 is 0 Å². The number of aryl methyl sites for hydroxylation is 1. The highest BCUT2D eigenvalue weighted by Crippen LogP contribution is 2.09. The molecule has 0 unspecified atom stereocenters. The number of carbonyl (C=O) groups is 1. The topological polar surface area (TPSA) is 32.3 Å². The Labute approximate surface area is 110 Å². The zero-order valence-electron chi connectivity index (χ0n) is 11.7. The van der Waals surface area contributed by atoms with Gasteiger partial charge in [0.15, 0.2) is 0 Å². The molecule has 0 spiro atoms. The molecule has 0 aliphatic heterocycles. The largest absolute Gasteiger partial charge is 0.338 e. The van der Waals surface area contributed by atoms with Crippen LogP contribution in [-0.2, 0) is 6.54 Å². The third-order valence-corrected chi connectivity index (χ3v) is 3.07. The van der Waals surface area contributed by atoms with Gasteiger partial charge >= 0.3 is 6.03 Å². The number of amides is 2. The van der Waals surface area contributed by atoms with Crippen LogP contribution < -0.4 is 5.32 Å². The van der Waals surface area contributed by atoms with Crippen LogP contribution in [-0.4, -0.2) is 24.5 Å². The first-order chi connectivity index (χ1) is 8.65. The van der Waals surface area contributed by atoms with Crippen molar-refractivity contribution in [3.05, 3.63) is 35.4 Å². The standard InChI is InChI=1S/C15H24N2O/c1-4-5-8-11-16-15(18)17(3)12-14-10-7-6-9-13(14)2/h6-7,9-10H,4-5,8,11-12H2,1-3H3,(H,16,18). The van der Waals surface area contributed by atoms with Crippen molar-refractivity contribution in [2.45, 2.75) is 39.7 Å². The molecule has 0 radical (unpaired) electrons. The van der Waals surface area contributed by atoms with Crippen molar-refractivity contribution in [3.63, 3.8) is 0 Å². The molecule has 0 saturated heterocycles. The molecule has 2 amide bonds. The average Bonchev–Trinajstić information content (AvgIpc) is 2.37. The summed E-state index contributed by atoms with van der Waals surface area (Å²) in [7, 11) is 1.83. The molecule has 0 fully saturated rings. The third-order valence-electron chi connectivity index (χ3n) is 3.07. The Morgan fingerprint density at radius 2 is 2.00 bits per heavy atom. The van der Waals surface area contributed by atoms with E-state index in [1.807, 2.05) is 19.2 Å². The predicted molar refractivity (Wildman–Crippen MR) is 75.6 cm³/mol. The van der Waals surface area contributed by atoms with Crippen molar-refractivity contribution in [1.82, 2.24) is 10.2 Å². The van der Waals surface area contributed by atoms with Crippen LogP contribution in [0.1, 0.15) is 37.3 Å². The molecule has 0 bridgehead atoms. The fourth-order valence-corrected chi connectivity index (χ4v) is 1.82. The van der Waals surface area contributed by atoms with Crippen LogP contribution in [0, 0.1) is 6.92 Å². The van der Waals surface area contributed by atoms with Crippen molar-refractivity contribution in [2.75, 3.05) is 13.6 Å². The number of nitrogens with one attached hydrogen (secondary N) is 1. The highest BCUT2D eigenvalue weighted by Gasteiger charge is 2.08. The molecule has 0 aromatic heterocycles. The minimum Gasteiger partial charge on any atom is -0.338 e. The summed E-state index contributed by atoms with van der Waals surface area (Å²) in [4.78, 5) is 13.6. The summed E-state index contributed by atoms with van der Waals surface area (Å²) >= 11 is 0. The van der Waals surface area contributed by atoms with Crippen molar-refractivity contribution in [1.29, 1.82) is 0 Å². The van der Waals surface area contributed by atoms with Gasteiger partial charge in [0.05, 0.1) is 0 Å². The fourth-order valence-electron chi connectivity index (χ4n) is 1.82. The van der Waals surface area contributed by atoms with Gasteiger partial charge < -0.3 is 10.2 Å². The number of rotatable bonds is 6. The highest BCUT2D eigenvalue weighted by atomic mass is 16.2. The summed E-state index contributed by atoms with van der Waals surface area (Å²) in [5, 5.41) is 2.94. The van der Waals surface area contributed by atoms with Crippen molar-refractivity contribution < 1.29 is 4.79 Å². The highest BCUT2D eigenvalue weighted by molar-refractivity contribution is 5.73. The summed E-state index contributed by atoms with van der Waals surface area (Å²) < 4.78 is 0. The number of hydrogen-bond donors (Lipinski definition) is 1. The minimum absolute atomic E-state index is 0.00866. The van der Waals surface area contributed by atoms with E-state index in [1.165, 1.54) is 24.0 Å². The summed E-state index contributed by atoms with van der Waals surface area (Å²) in [6.45, 7) is 5.66. The fraction of sp³-hybridized carbons (Fsp3) is 0.533. The van der Waals surface area contributed by atoms with Gasteiger partial charge in [-0.1, -0.05) is 44.0 Å². The third kappa shape index (κ3) is 4.78. The van der Waals surface area contributed by atoms with Crippen LogP contribution in [0.2, 0.25) is 0 Å².